The van der Waals surface area contributed by atoms with Crippen LogP contribution in [0.4, 0.5) is 8.78 Å². The lowest BCUT2D eigenvalue weighted by molar-refractivity contribution is -0.0382. The van der Waals surface area contributed by atoms with E-state index in [1.807, 2.05) is 25.3 Å². The average Bonchev–Trinajstić information content (AvgIpc) is 3.06. The fourth-order valence-electron chi connectivity index (χ4n) is 4.65. The van der Waals surface area contributed by atoms with Gasteiger partial charge >= 0.3 is 0 Å². The number of benzene rings is 2. The summed E-state index contributed by atoms with van der Waals surface area (Å²) < 4.78 is 33.0. The molecule has 0 bridgehead atoms. The van der Waals surface area contributed by atoms with Crippen molar-refractivity contribution >= 4 is 21.7 Å². The van der Waals surface area contributed by atoms with Crippen LogP contribution in [0, 0.1) is 13.8 Å². The number of fused-ring (bicyclic) bond motifs is 2. The normalized spacial score (nSPS) is 17.2. The SMILES string of the molecule is Cc1cc(-c2nccc3cc(C4CCC(F)(F)CC4)ccc23)c2oc(C)cc2c1. The Balaban J connectivity index is 1.60. The summed E-state index contributed by atoms with van der Waals surface area (Å²) in [4.78, 5) is 4.68. The Morgan fingerprint density at radius 3 is 2.55 bits per heavy atom. The van der Waals surface area contributed by atoms with Crippen LogP contribution in [0.3, 0.4) is 0 Å². The Bertz CT molecular complexity index is 1210. The van der Waals surface area contributed by atoms with Crippen LogP contribution in [0.2, 0.25) is 0 Å². The summed E-state index contributed by atoms with van der Waals surface area (Å²) in [7, 11) is 0. The van der Waals surface area contributed by atoms with Crippen molar-refractivity contribution in [3.63, 3.8) is 0 Å². The van der Waals surface area contributed by atoms with Crippen LogP contribution in [0.5, 0.6) is 0 Å². The van der Waals surface area contributed by atoms with E-state index in [2.05, 4.69) is 42.2 Å². The molecule has 0 aliphatic heterocycles. The molecule has 0 atom stereocenters. The minimum atomic E-state index is -2.50. The van der Waals surface area contributed by atoms with Gasteiger partial charge in [-0.15, -0.1) is 0 Å². The number of furan rings is 1. The van der Waals surface area contributed by atoms with Crippen LogP contribution in [-0.2, 0) is 0 Å². The van der Waals surface area contributed by atoms with Crippen LogP contribution in [0.15, 0.2) is 53.1 Å². The van der Waals surface area contributed by atoms with E-state index in [-0.39, 0.29) is 18.8 Å². The minimum Gasteiger partial charge on any atom is -0.461 e. The van der Waals surface area contributed by atoms with E-state index in [1.54, 1.807) is 0 Å². The maximum absolute atomic E-state index is 13.5. The molecule has 4 heteroatoms. The molecule has 5 rings (SSSR count). The van der Waals surface area contributed by atoms with Crippen molar-refractivity contribution in [3.05, 3.63) is 65.5 Å². The Morgan fingerprint density at radius 2 is 1.76 bits per heavy atom. The average molecular weight is 391 g/mol. The molecule has 148 valence electrons. The molecule has 1 aliphatic carbocycles. The second-order valence-corrected chi connectivity index (χ2v) is 8.36. The number of rotatable bonds is 2. The standard InChI is InChI=1S/C25H23F2NO/c1-15-11-20-13-16(2)29-24(20)22(12-15)23-21-4-3-18(14-19(21)7-10-28-23)17-5-8-25(26,27)9-6-17/h3-4,7,10-14,17H,5-6,8-9H2,1-2H3. The lowest BCUT2D eigenvalue weighted by Crippen LogP contribution is -2.23. The maximum atomic E-state index is 13.5. The molecule has 4 aromatic rings. The van der Waals surface area contributed by atoms with E-state index in [0.29, 0.717) is 12.8 Å². The third-order valence-corrected chi connectivity index (χ3v) is 6.12. The summed E-state index contributed by atoms with van der Waals surface area (Å²) in [6, 6.07) is 14.6. The number of aromatic nitrogens is 1. The third kappa shape index (κ3) is 3.31. The zero-order chi connectivity index (χ0) is 20.2. The molecule has 2 nitrogen and oxygen atoms in total. The van der Waals surface area contributed by atoms with Crippen LogP contribution in [0.25, 0.3) is 33.0 Å². The van der Waals surface area contributed by atoms with Crippen LogP contribution in [-0.4, -0.2) is 10.9 Å². The largest absolute Gasteiger partial charge is 0.461 e. The first-order chi connectivity index (χ1) is 13.9. The quantitative estimate of drug-likeness (QED) is 0.352. The molecule has 1 fully saturated rings. The van der Waals surface area contributed by atoms with Crippen molar-refractivity contribution in [1.82, 2.24) is 4.98 Å². The first-order valence-corrected chi connectivity index (χ1v) is 10.2. The lowest BCUT2D eigenvalue weighted by atomic mass is 9.81. The molecule has 0 spiro atoms. The number of halogens is 2. The van der Waals surface area contributed by atoms with E-state index < -0.39 is 5.92 Å². The van der Waals surface area contributed by atoms with Crippen molar-refractivity contribution < 1.29 is 13.2 Å². The lowest BCUT2D eigenvalue weighted by Gasteiger charge is -2.28. The van der Waals surface area contributed by atoms with Gasteiger partial charge in [0, 0.05) is 35.4 Å². The van der Waals surface area contributed by atoms with Gasteiger partial charge in [0.2, 0.25) is 5.92 Å². The first-order valence-electron chi connectivity index (χ1n) is 10.2. The minimum absolute atomic E-state index is 0.0174. The van der Waals surface area contributed by atoms with Gasteiger partial charge in [0.25, 0.3) is 0 Å². The monoisotopic (exact) mass is 391 g/mol. The van der Waals surface area contributed by atoms with E-state index in [9.17, 15) is 8.78 Å². The number of nitrogens with zero attached hydrogens (tertiary/aromatic N) is 1. The van der Waals surface area contributed by atoms with Gasteiger partial charge in [-0.05, 0) is 73.4 Å². The molecule has 0 amide bonds. The van der Waals surface area contributed by atoms with Gasteiger partial charge in [0.05, 0.1) is 5.69 Å². The molecule has 2 heterocycles. The second kappa shape index (κ2) is 6.65. The van der Waals surface area contributed by atoms with Gasteiger partial charge in [0.1, 0.15) is 11.3 Å². The number of hydrogen-bond donors (Lipinski definition) is 0. The van der Waals surface area contributed by atoms with E-state index in [4.69, 9.17) is 4.42 Å². The highest BCUT2D eigenvalue weighted by molar-refractivity contribution is 6.02. The molecular weight excluding hydrogens is 368 g/mol. The highest BCUT2D eigenvalue weighted by atomic mass is 19.3. The van der Waals surface area contributed by atoms with Gasteiger partial charge in [-0.25, -0.2) is 8.78 Å². The highest BCUT2D eigenvalue weighted by Gasteiger charge is 2.35. The summed E-state index contributed by atoms with van der Waals surface area (Å²) in [5, 5.41) is 3.22. The fourth-order valence-corrected chi connectivity index (χ4v) is 4.65. The highest BCUT2D eigenvalue weighted by Crippen LogP contribution is 2.42. The van der Waals surface area contributed by atoms with Crippen molar-refractivity contribution in [1.29, 1.82) is 0 Å². The predicted molar refractivity (Wildman–Crippen MR) is 113 cm³/mol. The number of alkyl halides is 2. The Hall–Kier alpha value is -2.75. The molecule has 2 aromatic heterocycles. The van der Waals surface area contributed by atoms with Gasteiger partial charge in [-0.1, -0.05) is 18.2 Å². The first kappa shape index (κ1) is 18.3. The van der Waals surface area contributed by atoms with Crippen molar-refractivity contribution in [2.75, 3.05) is 0 Å². The van der Waals surface area contributed by atoms with Gasteiger partial charge in [0.15, 0.2) is 0 Å². The van der Waals surface area contributed by atoms with Gasteiger partial charge in [-0.2, -0.15) is 0 Å². The summed E-state index contributed by atoms with van der Waals surface area (Å²) >= 11 is 0. The molecule has 29 heavy (non-hydrogen) atoms. The molecule has 0 N–H and O–H groups in total. The number of hydrogen-bond acceptors (Lipinski definition) is 2. The molecule has 0 unspecified atom stereocenters. The maximum Gasteiger partial charge on any atom is 0.248 e. The molecular formula is C25H23F2NO. The third-order valence-electron chi connectivity index (χ3n) is 6.12. The summed E-state index contributed by atoms with van der Waals surface area (Å²) in [6.07, 6.45) is 2.87. The van der Waals surface area contributed by atoms with Crippen molar-refractivity contribution in [2.45, 2.75) is 51.4 Å². The predicted octanol–water partition coefficient (Wildman–Crippen LogP) is 7.56. The Morgan fingerprint density at radius 1 is 0.966 bits per heavy atom. The second-order valence-electron chi connectivity index (χ2n) is 8.36. The number of aryl methyl sites for hydroxylation is 2. The van der Waals surface area contributed by atoms with E-state index in [1.165, 1.54) is 0 Å². The summed E-state index contributed by atoms with van der Waals surface area (Å²) in [5.41, 5.74) is 5.04. The van der Waals surface area contributed by atoms with E-state index in [0.717, 1.165) is 49.9 Å². The molecule has 2 aromatic carbocycles. The van der Waals surface area contributed by atoms with Crippen LogP contribution < -0.4 is 0 Å². The van der Waals surface area contributed by atoms with Gasteiger partial charge < -0.3 is 4.42 Å². The molecule has 0 saturated heterocycles. The Kier molecular flexibility index (Phi) is 4.19. The van der Waals surface area contributed by atoms with Crippen molar-refractivity contribution in [2.24, 2.45) is 0 Å². The van der Waals surface area contributed by atoms with Gasteiger partial charge in [-0.3, -0.25) is 4.98 Å². The van der Waals surface area contributed by atoms with Crippen molar-refractivity contribution in [3.8, 4) is 11.3 Å². The fraction of sp³-hybridized carbons (Fsp3) is 0.320. The number of pyridine rings is 1. The van der Waals surface area contributed by atoms with Crippen LogP contribution in [0.1, 0.15) is 48.5 Å². The zero-order valence-corrected chi connectivity index (χ0v) is 16.6. The van der Waals surface area contributed by atoms with E-state index >= 15 is 0 Å². The van der Waals surface area contributed by atoms with Crippen LogP contribution >= 0.6 is 0 Å². The molecule has 1 saturated carbocycles. The Labute approximate surface area is 168 Å². The summed E-state index contributed by atoms with van der Waals surface area (Å²) in [5.74, 6) is -1.42. The zero-order valence-electron chi connectivity index (χ0n) is 16.6. The molecule has 1 aliphatic rings. The topological polar surface area (TPSA) is 26.0 Å². The summed E-state index contributed by atoms with van der Waals surface area (Å²) in [6.45, 7) is 4.03. The smallest absolute Gasteiger partial charge is 0.248 e. The molecule has 0 radical (unpaired) electrons.